The van der Waals surface area contributed by atoms with Crippen LogP contribution in [0.25, 0.3) is 0 Å². The largest absolute Gasteiger partial charge is 0.334 e. The van der Waals surface area contributed by atoms with Gasteiger partial charge in [-0.05, 0) is 51.0 Å². The molecule has 0 amide bonds. The Morgan fingerprint density at radius 1 is 1.11 bits per heavy atom. The van der Waals surface area contributed by atoms with Gasteiger partial charge in [0.2, 0.25) is 10.0 Å². The van der Waals surface area contributed by atoms with Crippen LogP contribution >= 0.6 is 0 Å². The van der Waals surface area contributed by atoms with E-state index in [1.54, 1.807) is 12.1 Å². The van der Waals surface area contributed by atoms with Crippen molar-refractivity contribution in [2.24, 2.45) is 0 Å². The number of benzene rings is 1. The zero-order valence-corrected chi connectivity index (χ0v) is 13.1. The van der Waals surface area contributed by atoms with E-state index in [0.29, 0.717) is 11.4 Å². The van der Waals surface area contributed by atoms with E-state index in [2.05, 4.69) is 18.6 Å². The first kappa shape index (κ1) is 16.1. The van der Waals surface area contributed by atoms with Gasteiger partial charge in [-0.25, -0.2) is 13.1 Å². The maximum Gasteiger partial charge on any atom is 0.240 e. The molecule has 4 nitrogen and oxygen atoms in total. The van der Waals surface area contributed by atoms with E-state index in [9.17, 15) is 8.42 Å². The number of quaternary nitrogens is 1. The summed E-state index contributed by atoms with van der Waals surface area (Å²) in [5, 5.41) is 0. The second-order valence-corrected chi connectivity index (χ2v) is 6.62. The number of aryl methyl sites for hydroxylation is 2. The van der Waals surface area contributed by atoms with Gasteiger partial charge in [0, 0.05) is 0 Å². The number of sulfonamides is 1. The summed E-state index contributed by atoms with van der Waals surface area (Å²) in [6.07, 6.45) is 0. The Balaban J connectivity index is 2.68. The molecule has 1 rings (SSSR count). The van der Waals surface area contributed by atoms with Gasteiger partial charge in [0.25, 0.3) is 0 Å². The number of hydrogen-bond donors (Lipinski definition) is 2. The van der Waals surface area contributed by atoms with Crippen LogP contribution in [-0.4, -0.2) is 34.6 Å². The Kier molecular flexibility index (Phi) is 5.97. The van der Waals surface area contributed by atoms with E-state index >= 15 is 0 Å². The topological polar surface area (TPSA) is 50.6 Å². The van der Waals surface area contributed by atoms with Crippen LogP contribution in [0.2, 0.25) is 0 Å². The molecule has 0 saturated carbocycles. The van der Waals surface area contributed by atoms with Gasteiger partial charge < -0.3 is 4.90 Å². The molecule has 0 aliphatic carbocycles. The molecule has 0 heterocycles. The average molecular weight is 285 g/mol. The Labute approximate surface area is 116 Å². The van der Waals surface area contributed by atoms with Crippen molar-refractivity contribution in [1.82, 2.24) is 4.72 Å². The second kappa shape index (κ2) is 7.03. The minimum absolute atomic E-state index is 0.352. The summed E-state index contributed by atoms with van der Waals surface area (Å²) in [5.41, 5.74) is 2.10. The maximum absolute atomic E-state index is 12.1. The third kappa shape index (κ3) is 4.60. The highest BCUT2D eigenvalue weighted by Crippen LogP contribution is 2.14. The van der Waals surface area contributed by atoms with Crippen LogP contribution < -0.4 is 9.62 Å². The van der Waals surface area contributed by atoms with Gasteiger partial charge in [-0.2, -0.15) is 0 Å². The zero-order chi connectivity index (χ0) is 14.5. The van der Waals surface area contributed by atoms with Crippen LogP contribution in [-0.2, 0) is 10.0 Å². The molecule has 1 aromatic rings. The highest BCUT2D eigenvalue weighted by atomic mass is 32.2. The SMILES string of the molecule is CC[NH+](CC)CCNS(=O)(=O)c1ccc(C)c(C)c1. The Hall–Kier alpha value is -0.910. The Morgan fingerprint density at radius 3 is 2.26 bits per heavy atom. The molecule has 0 saturated heterocycles. The van der Waals surface area contributed by atoms with Crippen LogP contribution in [0.3, 0.4) is 0 Å². The van der Waals surface area contributed by atoms with Gasteiger partial charge in [-0.15, -0.1) is 0 Å². The van der Waals surface area contributed by atoms with E-state index in [1.807, 2.05) is 19.9 Å². The molecule has 0 bridgehead atoms. The zero-order valence-electron chi connectivity index (χ0n) is 12.3. The molecule has 108 valence electrons. The first-order chi connectivity index (χ1) is 8.90. The van der Waals surface area contributed by atoms with Gasteiger partial charge in [-0.3, -0.25) is 0 Å². The second-order valence-electron chi connectivity index (χ2n) is 4.85. The summed E-state index contributed by atoms with van der Waals surface area (Å²) in [4.78, 5) is 1.74. The number of nitrogens with one attached hydrogen (secondary N) is 2. The van der Waals surface area contributed by atoms with Crippen molar-refractivity contribution in [3.05, 3.63) is 29.3 Å². The minimum Gasteiger partial charge on any atom is -0.334 e. The summed E-state index contributed by atoms with van der Waals surface area (Å²) in [6.45, 7) is 11.4. The smallest absolute Gasteiger partial charge is 0.240 e. The lowest BCUT2D eigenvalue weighted by molar-refractivity contribution is -0.895. The lowest BCUT2D eigenvalue weighted by Gasteiger charge is -2.15. The number of likely N-dealkylation sites (N-methyl/N-ethyl adjacent to an activating group) is 1. The molecule has 1 aromatic carbocycles. The predicted molar refractivity (Wildman–Crippen MR) is 78.0 cm³/mol. The quantitative estimate of drug-likeness (QED) is 0.767. The third-order valence-electron chi connectivity index (χ3n) is 3.56. The van der Waals surface area contributed by atoms with Crippen LogP contribution in [0.15, 0.2) is 23.1 Å². The van der Waals surface area contributed by atoms with Gasteiger partial charge in [0.1, 0.15) is 0 Å². The van der Waals surface area contributed by atoms with Gasteiger partial charge in [0.15, 0.2) is 0 Å². The molecule has 0 aliphatic heterocycles. The van der Waals surface area contributed by atoms with E-state index in [0.717, 1.165) is 30.8 Å². The van der Waals surface area contributed by atoms with Crippen molar-refractivity contribution in [3.63, 3.8) is 0 Å². The first-order valence-electron chi connectivity index (χ1n) is 6.81. The molecule has 0 atom stereocenters. The third-order valence-corrected chi connectivity index (χ3v) is 5.02. The summed E-state index contributed by atoms with van der Waals surface area (Å²) < 4.78 is 26.9. The fourth-order valence-corrected chi connectivity index (χ4v) is 3.05. The van der Waals surface area contributed by atoms with E-state index in [1.165, 1.54) is 4.90 Å². The van der Waals surface area contributed by atoms with E-state index in [-0.39, 0.29) is 0 Å². The van der Waals surface area contributed by atoms with Crippen molar-refractivity contribution in [1.29, 1.82) is 0 Å². The van der Waals surface area contributed by atoms with Gasteiger partial charge in [-0.1, -0.05) is 6.07 Å². The minimum atomic E-state index is -3.37. The molecule has 5 heteroatoms. The van der Waals surface area contributed by atoms with Crippen LogP contribution in [0.5, 0.6) is 0 Å². The predicted octanol–water partition coefficient (Wildman–Crippen LogP) is 0.506. The highest BCUT2D eigenvalue weighted by molar-refractivity contribution is 7.89. The molecule has 0 aliphatic rings. The van der Waals surface area contributed by atoms with Crippen molar-refractivity contribution < 1.29 is 13.3 Å². The molecular formula is C14H25N2O2S+. The molecule has 0 radical (unpaired) electrons. The molecular weight excluding hydrogens is 260 g/mol. The fourth-order valence-electron chi connectivity index (χ4n) is 1.93. The van der Waals surface area contributed by atoms with E-state index in [4.69, 9.17) is 0 Å². The first-order valence-corrected chi connectivity index (χ1v) is 8.29. The summed E-state index contributed by atoms with van der Waals surface area (Å²) in [6, 6.07) is 5.23. The molecule has 0 unspecified atom stereocenters. The fraction of sp³-hybridized carbons (Fsp3) is 0.571. The van der Waals surface area contributed by atoms with Crippen LogP contribution in [0, 0.1) is 13.8 Å². The molecule has 0 fully saturated rings. The Bertz CT molecular complexity index is 508. The van der Waals surface area contributed by atoms with E-state index < -0.39 is 10.0 Å². The summed E-state index contributed by atoms with van der Waals surface area (Å²) in [5.74, 6) is 0. The number of hydrogen-bond acceptors (Lipinski definition) is 2. The lowest BCUT2D eigenvalue weighted by Crippen LogP contribution is -3.12. The van der Waals surface area contributed by atoms with Gasteiger partial charge >= 0.3 is 0 Å². The molecule has 0 aromatic heterocycles. The standard InChI is InChI=1S/C14H24N2O2S/c1-5-16(6-2)10-9-15-19(17,18)14-8-7-12(3)13(4)11-14/h7-8,11,15H,5-6,9-10H2,1-4H3/p+1. The lowest BCUT2D eigenvalue weighted by atomic mass is 10.1. The maximum atomic E-state index is 12.1. The van der Waals surface area contributed by atoms with Crippen LogP contribution in [0.4, 0.5) is 0 Å². The van der Waals surface area contributed by atoms with Crippen molar-refractivity contribution >= 4 is 10.0 Å². The average Bonchev–Trinajstić information content (AvgIpc) is 2.37. The number of rotatable bonds is 7. The molecule has 2 N–H and O–H groups in total. The normalized spacial score (nSPS) is 12.1. The van der Waals surface area contributed by atoms with Crippen molar-refractivity contribution in [2.75, 3.05) is 26.2 Å². The summed E-state index contributed by atoms with van der Waals surface area (Å²) >= 11 is 0. The van der Waals surface area contributed by atoms with Gasteiger partial charge in [0.05, 0.1) is 31.1 Å². The van der Waals surface area contributed by atoms with Crippen molar-refractivity contribution in [3.8, 4) is 0 Å². The Morgan fingerprint density at radius 2 is 1.74 bits per heavy atom. The monoisotopic (exact) mass is 285 g/mol. The van der Waals surface area contributed by atoms with Crippen LogP contribution in [0.1, 0.15) is 25.0 Å². The molecule has 0 spiro atoms. The van der Waals surface area contributed by atoms with Crippen molar-refractivity contribution in [2.45, 2.75) is 32.6 Å². The molecule has 19 heavy (non-hydrogen) atoms. The summed E-state index contributed by atoms with van der Waals surface area (Å²) in [7, 11) is -3.37. The highest BCUT2D eigenvalue weighted by Gasteiger charge is 2.15.